The van der Waals surface area contributed by atoms with E-state index in [9.17, 15) is 0 Å². The van der Waals surface area contributed by atoms with E-state index < -0.39 is 0 Å². The summed E-state index contributed by atoms with van der Waals surface area (Å²) in [6, 6.07) is 15.6. The Morgan fingerprint density at radius 1 is 1.04 bits per heavy atom. The third-order valence-corrected chi connectivity index (χ3v) is 4.16. The molecule has 3 nitrogen and oxygen atoms in total. The molecule has 0 saturated heterocycles. The fourth-order valence-corrected chi connectivity index (χ4v) is 2.85. The molecular formula is C18H16Cl2N2O. The number of hydrogen-bond acceptors (Lipinski definition) is 2. The molecule has 0 fully saturated rings. The summed E-state index contributed by atoms with van der Waals surface area (Å²) in [7, 11) is 1.87. The van der Waals surface area contributed by atoms with Crippen molar-refractivity contribution in [2.45, 2.75) is 13.0 Å². The fourth-order valence-electron chi connectivity index (χ4n) is 2.38. The lowest BCUT2D eigenvalue weighted by Gasteiger charge is -2.10. The number of aryl methyl sites for hydroxylation is 1. The number of hydrogen-bond donors (Lipinski definition) is 0. The highest BCUT2D eigenvalue weighted by Crippen LogP contribution is 2.27. The maximum atomic E-state index is 6.26. The Bertz CT molecular complexity index is 800. The molecule has 0 radical (unpaired) electrons. The van der Waals surface area contributed by atoms with Gasteiger partial charge in [0.25, 0.3) is 0 Å². The summed E-state index contributed by atoms with van der Waals surface area (Å²) < 4.78 is 7.70. The molecule has 23 heavy (non-hydrogen) atoms. The van der Waals surface area contributed by atoms with Crippen LogP contribution in [-0.2, 0) is 20.1 Å². The first kappa shape index (κ1) is 15.9. The molecule has 0 amide bonds. The van der Waals surface area contributed by atoms with Crippen LogP contribution >= 0.6 is 23.2 Å². The van der Waals surface area contributed by atoms with Crippen LogP contribution in [0.4, 0.5) is 0 Å². The molecule has 0 atom stereocenters. The van der Waals surface area contributed by atoms with Crippen molar-refractivity contribution in [3.05, 3.63) is 81.5 Å². The molecule has 0 spiro atoms. The molecule has 0 bridgehead atoms. The van der Waals surface area contributed by atoms with Crippen molar-refractivity contribution in [2.75, 3.05) is 0 Å². The molecule has 0 aliphatic rings. The van der Waals surface area contributed by atoms with E-state index in [1.54, 1.807) is 10.7 Å². The van der Waals surface area contributed by atoms with Crippen LogP contribution in [0.15, 0.2) is 54.7 Å². The average Bonchev–Trinajstić information content (AvgIpc) is 2.89. The minimum atomic E-state index is 0.502. The molecular weight excluding hydrogens is 331 g/mol. The van der Waals surface area contributed by atoms with Crippen LogP contribution in [0.5, 0.6) is 5.88 Å². The van der Waals surface area contributed by atoms with Gasteiger partial charge < -0.3 is 4.74 Å². The maximum absolute atomic E-state index is 6.26. The normalized spacial score (nSPS) is 10.7. The second kappa shape index (κ2) is 7.07. The van der Waals surface area contributed by atoms with Gasteiger partial charge in [-0.05, 0) is 23.3 Å². The lowest BCUT2D eigenvalue weighted by atomic mass is 10.1. The van der Waals surface area contributed by atoms with Crippen molar-refractivity contribution in [1.82, 2.24) is 9.78 Å². The van der Waals surface area contributed by atoms with E-state index in [0.29, 0.717) is 23.1 Å². The van der Waals surface area contributed by atoms with Crippen molar-refractivity contribution < 1.29 is 4.74 Å². The summed E-state index contributed by atoms with van der Waals surface area (Å²) in [6.45, 7) is 0.502. The average molecular weight is 347 g/mol. The number of ether oxygens (including phenoxy) is 1. The van der Waals surface area contributed by atoms with E-state index >= 15 is 0 Å². The van der Waals surface area contributed by atoms with Gasteiger partial charge in [0.2, 0.25) is 5.88 Å². The van der Waals surface area contributed by atoms with E-state index in [-0.39, 0.29) is 0 Å². The number of nitrogens with zero attached hydrogens (tertiary/aromatic N) is 2. The van der Waals surface area contributed by atoms with Crippen LogP contribution in [0.1, 0.15) is 16.7 Å². The second-order valence-corrected chi connectivity index (χ2v) is 6.13. The summed E-state index contributed by atoms with van der Waals surface area (Å²) in [6.07, 6.45) is 2.46. The lowest BCUT2D eigenvalue weighted by Crippen LogP contribution is -2.03. The quantitative estimate of drug-likeness (QED) is 0.657. The molecule has 118 valence electrons. The molecule has 2 aromatic carbocycles. The molecule has 1 heterocycles. The molecule has 0 N–H and O–H groups in total. The smallest absolute Gasteiger partial charge is 0.215 e. The largest absolute Gasteiger partial charge is 0.473 e. The Labute approximate surface area is 145 Å². The number of benzene rings is 2. The summed E-state index contributed by atoms with van der Waals surface area (Å²) in [5.74, 6) is 0.750. The minimum Gasteiger partial charge on any atom is -0.473 e. The van der Waals surface area contributed by atoms with Gasteiger partial charge in [-0.15, -0.1) is 0 Å². The van der Waals surface area contributed by atoms with Gasteiger partial charge in [-0.3, -0.25) is 0 Å². The Morgan fingerprint density at radius 2 is 1.83 bits per heavy atom. The predicted octanol–water partition coefficient (Wildman–Crippen LogP) is 4.90. The van der Waals surface area contributed by atoms with Gasteiger partial charge in [-0.1, -0.05) is 59.6 Å². The highest BCUT2D eigenvalue weighted by Gasteiger charge is 2.13. The van der Waals surface area contributed by atoms with E-state index in [1.807, 2.05) is 55.7 Å². The van der Waals surface area contributed by atoms with E-state index in [0.717, 1.165) is 22.6 Å². The van der Waals surface area contributed by atoms with Gasteiger partial charge in [0, 0.05) is 29.1 Å². The fraction of sp³-hybridized carbons (Fsp3) is 0.167. The Morgan fingerprint density at radius 3 is 2.57 bits per heavy atom. The van der Waals surface area contributed by atoms with Gasteiger partial charge in [-0.2, -0.15) is 5.10 Å². The van der Waals surface area contributed by atoms with Crippen molar-refractivity contribution in [3.63, 3.8) is 0 Å². The third kappa shape index (κ3) is 3.87. The Balaban J connectivity index is 1.78. The molecule has 3 aromatic rings. The molecule has 3 rings (SSSR count). The second-order valence-electron chi connectivity index (χ2n) is 5.29. The first-order chi connectivity index (χ1) is 11.1. The highest BCUT2D eigenvalue weighted by molar-refractivity contribution is 6.35. The van der Waals surface area contributed by atoms with Gasteiger partial charge in [0.05, 0.1) is 6.20 Å². The van der Waals surface area contributed by atoms with Crippen LogP contribution in [0.25, 0.3) is 0 Å². The predicted molar refractivity (Wildman–Crippen MR) is 93.3 cm³/mol. The summed E-state index contributed by atoms with van der Waals surface area (Å²) in [4.78, 5) is 0. The topological polar surface area (TPSA) is 27.1 Å². The number of halogens is 2. The van der Waals surface area contributed by atoms with Gasteiger partial charge in [0.1, 0.15) is 6.61 Å². The van der Waals surface area contributed by atoms with Crippen molar-refractivity contribution in [3.8, 4) is 5.88 Å². The van der Waals surface area contributed by atoms with Crippen LogP contribution in [0, 0.1) is 0 Å². The van der Waals surface area contributed by atoms with E-state index in [2.05, 4.69) is 5.10 Å². The zero-order chi connectivity index (χ0) is 16.2. The molecule has 1 aromatic heterocycles. The molecule has 0 aliphatic carbocycles. The Kier molecular flexibility index (Phi) is 4.89. The van der Waals surface area contributed by atoms with E-state index in [1.165, 1.54) is 0 Å². The Hall–Kier alpha value is -1.97. The first-order valence-corrected chi connectivity index (χ1v) is 8.00. The van der Waals surface area contributed by atoms with Gasteiger partial charge >= 0.3 is 0 Å². The number of aromatic nitrogens is 2. The lowest BCUT2D eigenvalue weighted by molar-refractivity contribution is 0.276. The monoisotopic (exact) mass is 346 g/mol. The molecule has 0 saturated carbocycles. The summed E-state index contributed by atoms with van der Waals surface area (Å²) >= 11 is 12.2. The zero-order valence-corrected chi connectivity index (χ0v) is 14.2. The van der Waals surface area contributed by atoms with Crippen molar-refractivity contribution in [2.24, 2.45) is 7.05 Å². The van der Waals surface area contributed by atoms with Crippen LogP contribution in [0.3, 0.4) is 0 Å². The van der Waals surface area contributed by atoms with E-state index in [4.69, 9.17) is 27.9 Å². The van der Waals surface area contributed by atoms with Crippen LogP contribution < -0.4 is 4.74 Å². The molecule has 0 unspecified atom stereocenters. The molecule has 5 heteroatoms. The summed E-state index contributed by atoms with van der Waals surface area (Å²) in [5, 5.41) is 5.57. The first-order valence-electron chi connectivity index (χ1n) is 7.25. The maximum Gasteiger partial charge on any atom is 0.215 e. The van der Waals surface area contributed by atoms with Crippen molar-refractivity contribution >= 4 is 23.2 Å². The van der Waals surface area contributed by atoms with Gasteiger partial charge in [-0.25, -0.2) is 4.68 Å². The summed E-state index contributed by atoms with van der Waals surface area (Å²) in [5.41, 5.74) is 3.10. The minimum absolute atomic E-state index is 0.502. The standard InChI is InChI=1S/C18H16Cl2N2O/c1-22-18(23-12-13-5-3-2-4-6-13)15(11-21-22)9-14-7-8-16(19)10-17(14)20/h2-8,10-11H,9,12H2,1H3. The highest BCUT2D eigenvalue weighted by atomic mass is 35.5. The zero-order valence-electron chi connectivity index (χ0n) is 12.7. The van der Waals surface area contributed by atoms with Crippen LogP contribution in [-0.4, -0.2) is 9.78 Å². The SMILES string of the molecule is Cn1ncc(Cc2ccc(Cl)cc2Cl)c1OCc1ccccc1. The third-order valence-electron chi connectivity index (χ3n) is 3.57. The van der Waals surface area contributed by atoms with Gasteiger partial charge in [0.15, 0.2) is 0 Å². The number of rotatable bonds is 5. The van der Waals surface area contributed by atoms with Crippen molar-refractivity contribution in [1.29, 1.82) is 0 Å². The van der Waals surface area contributed by atoms with Crippen LogP contribution in [0.2, 0.25) is 10.0 Å². The molecule has 0 aliphatic heterocycles.